The predicted octanol–water partition coefficient (Wildman–Crippen LogP) is 4.58. The lowest BCUT2D eigenvalue weighted by molar-refractivity contribution is -0.118. The maximum Gasteiger partial charge on any atom is 0.233 e. The largest absolute Gasteiger partial charge is 0.379 e. The first-order valence-corrected chi connectivity index (χ1v) is 11.8. The molecule has 7 heteroatoms. The molecule has 1 aliphatic heterocycles. The zero-order valence-electron chi connectivity index (χ0n) is 17.4. The molecule has 0 aliphatic carbocycles. The van der Waals surface area contributed by atoms with Crippen LogP contribution in [0.15, 0.2) is 40.9 Å². The first-order valence-electron chi connectivity index (χ1n) is 10.2. The van der Waals surface area contributed by atoms with Gasteiger partial charge in [-0.2, -0.15) is 0 Å². The molecule has 1 fully saturated rings. The maximum absolute atomic E-state index is 13.4. The van der Waals surface area contributed by atoms with Crippen LogP contribution in [0.4, 0.5) is 5.13 Å². The third-order valence-corrected chi connectivity index (χ3v) is 6.99. The number of morpholine rings is 1. The van der Waals surface area contributed by atoms with Gasteiger partial charge in [0.05, 0.1) is 29.9 Å². The minimum atomic E-state index is 0.0911. The molecule has 1 aliphatic rings. The van der Waals surface area contributed by atoms with Crippen molar-refractivity contribution in [2.24, 2.45) is 0 Å². The van der Waals surface area contributed by atoms with E-state index in [1.807, 2.05) is 17.0 Å². The lowest BCUT2D eigenvalue weighted by atomic mass is 10.0. The third-order valence-electron chi connectivity index (χ3n) is 5.45. The zero-order chi connectivity index (χ0) is 21.1. The van der Waals surface area contributed by atoms with E-state index in [-0.39, 0.29) is 5.91 Å². The van der Waals surface area contributed by atoms with E-state index in [1.165, 1.54) is 5.56 Å². The second kappa shape index (κ2) is 9.56. The molecule has 4 rings (SSSR count). The van der Waals surface area contributed by atoms with Crippen LogP contribution in [0.3, 0.4) is 0 Å². The van der Waals surface area contributed by atoms with Gasteiger partial charge < -0.3 is 4.74 Å². The van der Waals surface area contributed by atoms with E-state index in [0.717, 1.165) is 63.8 Å². The van der Waals surface area contributed by atoms with Gasteiger partial charge in [0.1, 0.15) is 0 Å². The average Bonchev–Trinajstić information content (AvgIpc) is 3.13. The summed E-state index contributed by atoms with van der Waals surface area (Å²) in [6.45, 7) is 8.93. The molecule has 3 aromatic rings. The van der Waals surface area contributed by atoms with Gasteiger partial charge in [-0.3, -0.25) is 14.6 Å². The Morgan fingerprint density at radius 1 is 1.20 bits per heavy atom. The maximum atomic E-state index is 13.4. The fourth-order valence-corrected chi connectivity index (χ4v) is 5.26. The number of hydrogen-bond donors (Lipinski definition) is 0. The number of hydrogen-bond acceptors (Lipinski definition) is 5. The zero-order valence-corrected chi connectivity index (χ0v) is 19.8. The van der Waals surface area contributed by atoms with Crippen molar-refractivity contribution in [3.05, 3.63) is 57.6 Å². The number of benzene rings is 2. The third kappa shape index (κ3) is 5.09. The minimum Gasteiger partial charge on any atom is -0.379 e. The Morgan fingerprint density at radius 2 is 2.00 bits per heavy atom. The second-order valence-electron chi connectivity index (χ2n) is 7.71. The van der Waals surface area contributed by atoms with Crippen LogP contribution in [-0.4, -0.2) is 55.2 Å². The number of halogens is 1. The molecule has 0 spiro atoms. The Balaban J connectivity index is 1.58. The lowest BCUT2D eigenvalue weighted by Crippen LogP contribution is -2.43. The highest BCUT2D eigenvalue weighted by molar-refractivity contribution is 9.10. The van der Waals surface area contributed by atoms with Gasteiger partial charge in [0.25, 0.3) is 0 Å². The molecule has 1 aromatic heterocycles. The van der Waals surface area contributed by atoms with E-state index < -0.39 is 0 Å². The van der Waals surface area contributed by atoms with Gasteiger partial charge >= 0.3 is 0 Å². The number of carbonyl (C=O) groups is 1. The molecular formula is C23H26BrN3O2S. The topological polar surface area (TPSA) is 45.7 Å². The summed E-state index contributed by atoms with van der Waals surface area (Å²) in [6.07, 6.45) is 0.384. The Labute approximate surface area is 189 Å². The van der Waals surface area contributed by atoms with Crippen molar-refractivity contribution in [1.82, 2.24) is 9.88 Å². The highest BCUT2D eigenvalue weighted by Gasteiger charge is 2.22. The molecule has 2 aromatic carbocycles. The van der Waals surface area contributed by atoms with Crippen molar-refractivity contribution in [2.45, 2.75) is 20.3 Å². The molecule has 0 radical (unpaired) electrons. The van der Waals surface area contributed by atoms with Crippen molar-refractivity contribution in [3.8, 4) is 0 Å². The summed E-state index contributed by atoms with van der Waals surface area (Å²) in [7, 11) is 0. The molecule has 5 nitrogen and oxygen atoms in total. The fraction of sp³-hybridized carbons (Fsp3) is 0.391. The van der Waals surface area contributed by atoms with E-state index in [0.29, 0.717) is 13.0 Å². The first kappa shape index (κ1) is 21.4. The summed E-state index contributed by atoms with van der Waals surface area (Å²) in [6, 6.07) is 12.3. The van der Waals surface area contributed by atoms with Crippen molar-refractivity contribution < 1.29 is 9.53 Å². The van der Waals surface area contributed by atoms with E-state index in [9.17, 15) is 4.79 Å². The smallest absolute Gasteiger partial charge is 0.233 e. The molecule has 0 bridgehead atoms. The molecule has 2 heterocycles. The highest BCUT2D eigenvalue weighted by Crippen LogP contribution is 2.31. The predicted molar refractivity (Wildman–Crippen MR) is 127 cm³/mol. The van der Waals surface area contributed by atoms with Crippen molar-refractivity contribution in [3.63, 3.8) is 0 Å². The molecule has 0 atom stereocenters. The first-order chi connectivity index (χ1) is 14.5. The molecule has 1 amide bonds. The van der Waals surface area contributed by atoms with Crippen LogP contribution in [0.2, 0.25) is 0 Å². The van der Waals surface area contributed by atoms with Crippen molar-refractivity contribution in [1.29, 1.82) is 0 Å². The SMILES string of the molecule is Cc1ccc(CC(=O)N(CCN2CCOCC2)c2nc3ccc(Br)cc3s2)c(C)c1. The number of ether oxygens (including phenoxy) is 1. The summed E-state index contributed by atoms with van der Waals surface area (Å²) in [5.74, 6) is 0.0911. The Morgan fingerprint density at radius 3 is 2.77 bits per heavy atom. The number of anilines is 1. The van der Waals surface area contributed by atoms with Gasteiger partial charge in [-0.15, -0.1) is 0 Å². The standard InChI is InChI=1S/C23H26BrN3O2S/c1-16-3-4-18(17(2)13-16)14-22(28)27(8-7-26-9-11-29-12-10-26)23-25-20-6-5-19(24)15-21(20)30-23/h3-6,13,15H,7-12,14H2,1-2H3. The molecule has 0 saturated carbocycles. The van der Waals surface area contributed by atoms with Crippen molar-refractivity contribution >= 4 is 48.5 Å². The summed E-state index contributed by atoms with van der Waals surface area (Å²) < 4.78 is 7.55. The number of amides is 1. The summed E-state index contributed by atoms with van der Waals surface area (Å²) in [5, 5.41) is 0.770. The van der Waals surface area contributed by atoms with Crippen LogP contribution >= 0.6 is 27.3 Å². The summed E-state index contributed by atoms with van der Waals surface area (Å²) >= 11 is 5.10. The molecule has 30 heavy (non-hydrogen) atoms. The quantitative estimate of drug-likeness (QED) is 0.510. The summed E-state index contributed by atoms with van der Waals surface area (Å²) in [4.78, 5) is 22.4. The van der Waals surface area contributed by atoms with Gasteiger partial charge in [0.2, 0.25) is 5.91 Å². The van der Waals surface area contributed by atoms with E-state index >= 15 is 0 Å². The number of aromatic nitrogens is 1. The number of carbonyl (C=O) groups excluding carboxylic acids is 1. The number of nitrogens with zero attached hydrogens (tertiary/aromatic N) is 3. The van der Waals surface area contributed by atoms with E-state index in [2.05, 4.69) is 58.9 Å². The van der Waals surface area contributed by atoms with Crippen LogP contribution in [0.5, 0.6) is 0 Å². The van der Waals surface area contributed by atoms with Gasteiger partial charge in [-0.1, -0.05) is 51.0 Å². The average molecular weight is 488 g/mol. The number of rotatable bonds is 6. The Hall–Kier alpha value is -1.80. The fourth-order valence-electron chi connectivity index (χ4n) is 3.70. The highest BCUT2D eigenvalue weighted by atomic mass is 79.9. The Bertz CT molecular complexity index is 1050. The van der Waals surface area contributed by atoms with Crippen LogP contribution in [0, 0.1) is 13.8 Å². The van der Waals surface area contributed by atoms with E-state index in [4.69, 9.17) is 9.72 Å². The van der Waals surface area contributed by atoms with Gasteiger partial charge in [-0.05, 0) is 43.2 Å². The molecule has 0 unspecified atom stereocenters. The van der Waals surface area contributed by atoms with Crippen LogP contribution in [0.25, 0.3) is 10.2 Å². The molecule has 1 saturated heterocycles. The van der Waals surface area contributed by atoms with Crippen LogP contribution < -0.4 is 4.90 Å². The van der Waals surface area contributed by atoms with Gasteiger partial charge in [0, 0.05) is 30.7 Å². The number of thiazole rings is 1. The number of aryl methyl sites for hydroxylation is 2. The van der Waals surface area contributed by atoms with Crippen molar-refractivity contribution in [2.75, 3.05) is 44.3 Å². The van der Waals surface area contributed by atoms with E-state index in [1.54, 1.807) is 11.3 Å². The molecule has 0 N–H and O–H groups in total. The lowest BCUT2D eigenvalue weighted by Gasteiger charge is -2.29. The molecule has 158 valence electrons. The molecular weight excluding hydrogens is 462 g/mol. The van der Waals surface area contributed by atoms with Gasteiger partial charge in [0.15, 0.2) is 5.13 Å². The summed E-state index contributed by atoms with van der Waals surface area (Å²) in [5.41, 5.74) is 4.37. The minimum absolute atomic E-state index is 0.0911. The Kier molecular flexibility index (Phi) is 6.83. The normalized spacial score (nSPS) is 14.9. The van der Waals surface area contributed by atoms with Crippen LogP contribution in [-0.2, 0) is 16.0 Å². The van der Waals surface area contributed by atoms with Gasteiger partial charge in [-0.25, -0.2) is 4.98 Å². The second-order valence-corrected chi connectivity index (χ2v) is 9.64. The van der Waals surface area contributed by atoms with Crippen LogP contribution in [0.1, 0.15) is 16.7 Å². The monoisotopic (exact) mass is 487 g/mol. The number of fused-ring (bicyclic) bond motifs is 1.